The summed E-state index contributed by atoms with van der Waals surface area (Å²) < 4.78 is 7.60. The molecule has 0 radical (unpaired) electrons. The fraction of sp³-hybridized carbons (Fsp3) is 0.769. The van der Waals surface area contributed by atoms with Gasteiger partial charge in [0.25, 0.3) is 0 Å². The maximum atomic E-state index is 2.88. The second-order valence-electron chi connectivity index (χ2n) is 9.87. The molecule has 0 fully saturated rings. The molecule has 0 aromatic carbocycles. The Balaban J connectivity index is 3.04. The maximum absolute atomic E-state index is 2.88. The van der Waals surface area contributed by atoms with Crippen LogP contribution in [0.1, 0.15) is 99.8 Å². The normalized spacial score (nSPS) is 20.9. The molecule has 0 heterocycles. The predicted molar refractivity (Wildman–Crippen MR) is 128 cm³/mol. The Morgan fingerprint density at radius 1 is 1.04 bits per heavy atom. The van der Waals surface area contributed by atoms with E-state index >= 15 is 0 Å². The third kappa shape index (κ3) is 8.50. The van der Waals surface area contributed by atoms with Crippen LogP contribution in [0, 0.1) is 11.3 Å². The van der Waals surface area contributed by atoms with Crippen LogP contribution in [0.3, 0.4) is 0 Å². The number of unbranched alkanes of at least 4 members (excludes halogenated alkanes) is 3. The van der Waals surface area contributed by atoms with Crippen molar-refractivity contribution < 1.29 is 0 Å². The van der Waals surface area contributed by atoms with E-state index in [4.69, 9.17) is 0 Å². The molecule has 0 spiro atoms. The summed E-state index contributed by atoms with van der Waals surface area (Å²) in [5.74, 6) is 0.612. The molecule has 1 unspecified atom stereocenters. The molecule has 0 aromatic heterocycles. The summed E-state index contributed by atoms with van der Waals surface area (Å²) in [7, 11) is 0. The molecule has 0 N–H and O–H groups in total. The van der Waals surface area contributed by atoms with Crippen LogP contribution in [0.5, 0.6) is 0 Å². The van der Waals surface area contributed by atoms with Crippen LogP contribution in [0.15, 0.2) is 33.5 Å². The fourth-order valence-electron chi connectivity index (χ4n) is 4.94. The summed E-state index contributed by atoms with van der Waals surface area (Å²) in [6, 6.07) is 0. The summed E-state index contributed by atoms with van der Waals surface area (Å²) in [6.45, 7) is 16.7. The average molecular weight is 479 g/mol. The topological polar surface area (TPSA) is 0 Å². The van der Waals surface area contributed by atoms with E-state index in [1.54, 1.807) is 24.5 Å². The molecule has 1 atom stereocenters. The molecule has 1 heteroatoms. The van der Waals surface area contributed by atoms with Crippen LogP contribution in [0.4, 0.5) is 0 Å². The van der Waals surface area contributed by atoms with Crippen LogP contribution in [-0.2, 0) is 0 Å². The van der Waals surface area contributed by atoms with E-state index < -0.39 is 18.4 Å². The van der Waals surface area contributed by atoms with Crippen molar-refractivity contribution in [2.45, 2.75) is 113 Å². The van der Waals surface area contributed by atoms with E-state index in [9.17, 15) is 0 Å². The molecule has 27 heavy (non-hydrogen) atoms. The van der Waals surface area contributed by atoms with E-state index in [1.165, 1.54) is 51.4 Å². The molecular weight excluding hydrogens is 431 g/mol. The quantitative estimate of drug-likeness (QED) is 0.149. The first-order chi connectivity index (χ1) is 12.8. The average Bonchev–Trinajstić information content (AvgIpc) is 2.62. The van der Waals surface area contributed by atoms with Gasteiger partial charge in [-0.05, 0) is 0 Å². The second-order valence-corrected chi connectivity index (χ2v) is 22.8. The first-order valence-electron chi connectivity index (χ1n) is 11.8. The molecule has 0 aliphatic heterocycles. The predicted octanol–water partition coefficient (Wildman–Crippen LogP) is 9.26. The van der Waals surface area contributed by atoms with Gasteiger partial charge in [-0.2, -0.15) is 0 Å². The summed E-state index contributed by atoms with van der Waals surface area (Å²) in [5, 5.41) is 0. The minimum absolute atomic E-state index is 0.405. The van der Waals surface area contributed by atoms with Gasteiger partial charge < -0.3 is 0 Å². The van der Waals surface area contributed by atoms with Gasteiger partial charge in [-0.25, -0.2) is 0 Å². The molecule has 0 nitrogen and oxygen atoms in total. The number of hydrogen-bond donors (Lipinski definition) is 0. The fourth-order valence-corrected chi connectivity index (χ4v) is 20.4. The van der Waals surface area contributed by atoms with Gasteiger partial charge in [-0.15, -0.1) is 0 Å². The molecule has 0 saturated carbocycles. The van der Waals surface area contributed by atoms with Crippen molar-refractivity contribution in [1.29, 1.82) is 0 Å². The first kappa shape index (κ1) is 25.1. The Morgan fingerprint density at radius 2 is 1.56 bits per heavy atom. The van der Waals surface area contributed by atoms with Crippen LogP contribution >= 0.6 is 0 Å². The van der Waals surface area contributed by atoms with Gasteiger partial charge in [0.1, 0.15) is 0 Å². The van der Waals surface area contributed by atoms with Gasteiger partial charge >= 0.3 is 176 Å². The molecule has 0 amide bonds. The van der Waals surface area contributed by atoms with E-state index in [0.717, 1.165) is 0 Å². The molecule has 0 bridgehead atoms. The molecule has 0 saturated heterocycles. The standard InChI is InChI=1S/C14H21.3C4H9.Sn/c1-11(2)8-9-13-12(3)7-6-10-14(13,4)5;3*1-3-4-2;/h1,7-9,13H,6,10H2,2-5H3;3*1,3-4H2,2H3;/b9-8+,11-1?;;;;. The van der Waals surface area contributed by atoms with E-state index in [-0.39, 0.29) is 0 Å². The zero-order valence-corrected chi connectivity index (χ0v) is 22.5. The second kappa shape index (κ2) is 12.6. The van der Waals surface area contributed by atoms with Crippen molar-refractivity contribution >= 4 is 18.4 Å². The Kier molecular flexibility index (Phi) is 11.6. The molecule has 156 valence electrons. The Bertz CT molecular complexity index is 485. The van der Waals surface area contributed by atoms with Crippen LogP contribution < -0.4 is 0 Å². The van der Waals surface area contributed by atoms with E-state index in [1.807, 2.05) is 0 Å². The van der Waals surface area contributed by atoms with Gasteiger partial charge in [0.05, 0.1) is 0 Å². The zero-order chi connectivity index (χ0) is 20.3. The van der Waals surface area contributed by atoms with Crippen LogP contribution in [0.25, 0.3) is 0 Å². The van der Waals surface area contributed by atoms with Crippen LogP contribution in [-0.4, -0.2) is 18.4 Å². The Morgan fingerprint density at radius 3 is 2.00 bits per heavy atom. The zero-order valence-electron chi connectivity index (χ0n) is 19.7. The summed E-state index contributed by atoms with van der Waals surface area (Å²) in [6.07, 6.45) is 18.5. The van der Waals surface area contributed by atoms with Gasteiger partial charge in [-0.3, -0.25) is 0 Å². The van der Waals surface area contributed by atoms with Gasteiger partial charge in [0.2, 0.25) is 0 Å². The van der Waals surface area contributed by atoms with E-state index in [2.05, 4.69) is 70.8 Å². The Labute approximate surface area is 175 Å². The van der Waals surface area contributed by atoms with Crippen molar-refractivity contribution in [3.05, 3.63) is 33.5 Å². The van der Waals surface area contributed by atoms with Crippen molar-refractivity contribution in [2.75, 3.05) is 0 Å². The van der Waals surface area contributed by atoms with Crippen molar-refractivity contribution in [3.63, 3.8) is 0 Å². The summed E-state index contributed by atoms with van der Waals surface area (Å²) in [5.41, 5.74) is 3.55. The minimum atomic E-state index is -2.16. The number of hydrogen-bond acceptors (Lipinski definition) is 0. The number of rotatable bonds is 12. The van der Waals surface area contributed by atoms with Crippen molar-refractivity contribution in [1.82, 2.24) is 0 Å². The van der Waals surface area contributed by atoms with Crippen LogP contribution in [0.2, 0.25) is 13.3 Å². The number of allylic oxidation sites excluding steroid dienone is 5. The molecular formula is C26H48Sn. The third-order valence-corrected chi connectivity index (χ3v) is 21.4. The Hall–Kier alpha value is 0.0187. The molecule has 1 aliphatic rings. The monoisotopic (exact) mass is 480 g/mol. The first-order valence-corrected chi connectivity index (χ1v) is 19.5. The SMILES string of the molecule is CCC[CH2][Sn](/[CH]=C(C)/C=C/C1C(C)=CCCC1(C)C)([CH2]CCC)[CH2]CCC. The van der Waals surface area contributed by atoms with Crippen molar-refractivity contribution in [3.8, 4) is 0 Å². The van der Waals surface area contributed by atoms with Gasteiger partial charge in [-0.1, -0.05) is 0 Å². The van der Waals surface area contributed by atoms with Gasteiger partial charge in [0, 0.05) is 0 Å². The molecule has 1 rings (SSSR count). The molecule has 0 aromatic rings. The van der Waals surface area contributed by atoms with E-state index in [0.29, 0.717) is 11.3 Å². The summed E-state index contributed by atoms with van der Waals surface area (Å²) in [4.78, 5) is 0. The molecule has 1 aliphatic carbocycles. The summed E-state index contributed by atoms with van der Waals surface area (Å²) >= 11 is -2.16. The third-order valence-electron chi connectivity index (χ3n) is 6.76. The van der Waals surface area contributed by atoms with Crippen molar-refractivity contribution in [2.24, 2.45) is 11.3 Å². The van der Waals surface area contributed by atoms with Gasteiger partial charge in [0.15, 0.2) is 0 Å².